The van der Waals surface area contributed by atoms with Gasteiger partial charge in [0.25, 0.3) is 5.91 Å². The van der Waals surface area contributed by atoms with Crippen LogP contribution in [0.4, 0.5) is 13.2 Å². The van der Waals surface area contributed by atoms with Crippen molar-refractivity contribution in [1.82, 2.24) is 4.90 Å². The molecule has 7 heteroatoms. The molecule has 2 N–H and O–H groups in total. The van der Waals surface area contributed by atoms with E-state index in [9.17, 15) is 18.0 Å². The number of ether oxygens (including phenoxy) is 1. The summed E-state index contributed by atoms with van der Waals surface area (Å²) in [5, 5.41) is 0. The molecule has 1 saturated carbocycles. The minimum absolute atomic E-state index is 0.176. The average Bonchev–Trinajstić information content (AvgIpc) is 3.22. The van der Waals surface area contributed by atoms with Crippen LogP contribution in [0, 0.1) is 0 Å². The SMILES string of the molecule is NCCCN(C(=O)c1ccc(OC(F)(F)F)cc1)C1CC1. The molecule has 0 atom stereocenters. The maximum atomic E-state index is 12.4. The zero-order valence-corrected chi connectivity index (χ0v) is 11.4. The summed E-state index contributed by atoms with van der Waals surface area (Å²) in [4.78, 5) is 14.1. The van der Waals surface area contributed by atoms with E-state index in [1.165, 1.54) is 12.1 Å². The first-order valence-corrected chi connectivity index (χ1v) is 6.77. The van der Waals surface area contributed by atoms with Crippen molar-refractivity contribution in [3.63, 3.8) is 0 Å². The van der Waals surface area contributed by atoms with Gasteiger partial charge in [0.2, 0.25) is 0 Å². The second kappa shape index (κ2) is 6.34. The summed E-state index contributed by atoms with van der Waals surface area (Å²) in [5.74, 6) is -0.511. The van der Waals surface area contributed by atoms with Crippen molar-refractivity contribution in [2.24, 2.45) is 5.73 Å². The quantitative estimate of drug-likeness (QED) is 0.878. The van der Waals surface area contributed by atoms with Crippen molar-refractivity contribution in [1.29, 1.82) is 0 Å². The fourth-order valence-electron chi connectivity index (χ4n) is 2.06. The van der Waals surface area contributed by atoms with Crippen LogP contribution in [0.25, 0.3) is 0 Å². The van der Waals surface area contributed by atoms with Crippen LogP contribution in [0.3, 0.4) is 0 Å². The monoisotopic (exact) mass is 302 g/mol. The van der Waals surface area contributed by atoms with E-state index in [1.54, 1.807) is 4.90 Å². The molecule has 0 unspecified atom stereocenters. The maximum absolute atomic E-state index is 12.4. The number of alkyl halides is 3. The summed E-state index contributed by atoms with van der Waals surface area (Å²) in [6.45, 7) is 1.07. The zero-order chi connectivity index (χ0) is 15.5. The van der Waals surface area contributed by atoms with E-state index in [1.807, 2.05) is 0 Å². The summed E-state index contributed by atoms with van der Waals surface area (Å²) in [7, 11) is 0. The van der Waals surface area contributed by atoms with Crippen LogP contribution >= 0.6 is 0 Å². The second-order valence-electron chi connectivity index (χ2n) is 4.94. The fraction of sp³-hybridized carbons (Fsp3) is 0.500. The number of halogens is 3. The first-order chi connectivity index (χ1) is 9.90. The van der Waals surface area contributed by atoms with Gasteiger partial charge in [-0.25, -0.2) is 0 Å². The smallest absolute Gasteiger partial charge is 0.406 e. The lowest BCUT2D eigenvalue weighted by Crippen LogP contribution is -2.34. The number of carbonyl (C=O) groups excluding carboxylic acids is 1. The van der Waals surface area contributed by atoms with Gasteiger partial charge >= 0.3 is 6.36 Å². The molecule has 1 fully saturated rings. The number of amides is 1. The van der Waals surface area contributed by atoms with Crippen molar-refractivity contribution in [3.05, 3.63) is 29.8 Å². The van der Waals surface area contributed by atoms with Gasteiger partial charge in [-0.3, -0.25) is 4.79 Å². The molecular formula is C14H17F3N2O2. The molecule has 0 saturated heterocycles. The molecule has 0 aromatic heterocycles. The van der Waals surface area contributed by atoms with Gasteiger partial charge in [0.1, 0.15) is 5.75 Å². The fourth-order valence-corrected chi connectivity index (χ4v) is 2.06. The van der Waals surface area contributed by atoms with Crippen molar-refractivity contribution < 1.29 is 22.7 Å². The Morgan fingerprint density at radius 2 is 1.90 bits per heavy atom. The molecule has 21 heavy (non-hydrogen) atoms. The molecule has 0 bridgehead atoms. The van der Waals surface area contributed by atoms with Crippen LogP contribution in [0.1, 0.15) is 29.6 Å². The first kappa shape index (κ1) is 15.6. The van der Waals surface area contributed by atoms with E-state index in [4.69, 9.17) is 5.73 Å². The number of benzene rings is 1. The number of nitrogens with zero attached hydrogens (tertiary/aromatic N) is 1. The molecule has 0 aliphatic heterocycles. The Bertz CT molecular complexity index is 484. The van der Waals surface area contributed by atoms with Gasteiger partial charge < -0.3 is 15.4 Å². The molecule has 0 heterocycles. The van der Waals surface area contributed by atoms with E-state index in [2.05, 4.69) is 4.74 Å². The summed E-state index contributed by atoms with van der Waals surface area (Å²) >= 11 is 0. The molecule has 1 aliphatic carbocycles. The highest BCUT2D eigenvalue weighted by Gasteiger charge is 2.33. The maximum Gasteiger partial charge on any atom is 0.573 e. The molecule has 1 amide bonds. The lowest BCUT2D eigenvalue weighted by molar-refractivity contribution is -0.274. The van der Waals surface area contributed by atoms with Crippen LogP contribution in [0.5, 0.6) is 5.75 Å². The standard InChI is InChI=1S/C14H17F3N2O2/c15-14(16,17)21-12-6-2-10(3-7-12)13(20)19(9-1-8-18)11-4-5-11/h2-3,6-7,11H,1,4-5,8-9,18H2. The van der Waals surface area contributed by atoms with E-state index in [0.717, 1.165) is 25.0 Å². The van der Waals surface area contributed by atoms with Crippen molar-refractivity contribution in [2.75, 3.05) is 13.1 Å². The van der Waals surface area contributed by atoms with E-state index in [-0.39, 0.29) is 17.7 Å². The van der Waals surface area contributed by atoms with Gasteiger partial charge in [-0.15, -0.1) is 13.2 Å². The van der Waals surface area contributed by atoms with Crippen molar-refractivity contribution >= 4 is 5.91 Å². The Morgan fingerprint density at radius 3 is 2.38 bits per heavy atom. The first-order valence-electron chi connectivity index (χ1n) is 6.77. The van der Waals surface area contributed by atoms with Gasteiger partial charge in [-0.2, -0.15) is 0 Å². The van der Waals surface area contributed by atoms with Crippen LogP contribution in [0.2, 0.25) is 0 Å². The molecule has 0 radical (unpaired) electrons. The van der Waals surface area contributed by atoms with E-state index < -0.39 is 6.36 Å². The van der Waals surface area contributed by atoms with Crippen molar-refractivity contribution in [3.8, 4) is 5.75 Å². The normalized spacial score (nSPS) is 14.9. The van der Waals surface area contributed by atoms with Crippen molar-refractivity contribution in [2.45, 2.75) is 31.7 Å². The Morgan fingerprint density at radius 1 is 1.29 bits per heavy atom. The second-order valence-corrected chi connectivity index (χ2v) is 4.94. The highest BCUT2D eigenvalue weighted by molar-refractivity contribution is 5.94. The molecule has 116 valence electrons. The third kappa shape index (κ3) is 4.63. The number of rotatable bonds is 6. The van der Waals surface area contributed by atoms with Crippen LogP contribution in [-0.2, 0) is 0 Å². The summed E-state index contributed by atoms with van der Waals surface area (Å²) < 4.78 is 40.0. The number of hydrogen-bond donors (Lipinski definition) is 1. The molecule has 1 aromatic rings. The van der Waals surface area contributed by atoms with Crippen LogP contribution in [-0.4, -0.2) is 36.3 Å². The summed E-state index contributed by atoms with van der Waals surface area (Å²) in [6.07, 6.45) is -2.10. The molecule has 2 rings (SSSR count). The van der Waals surface area contributed by atoms with Gasteiger partial charge in [-0.05, 0) is 50.1 Å². The predicted molar refractivity (Wildman–Crippen MR) is 70.9 cm³/mol. The Hall–Kier alpha value is -1.76. The van der Waals surface area contributed by atoms with E-state index in [0.29, 0.717) is 25.1 Å². The Labute approximate surface area is 120 Å². The average molecular weight is 302 g/mol. The third-order valence-electron chi connectivity index (χ3n) is 3.19. The van der Waals surface area contributed by atoms with Gasteiger partial charge in [-0.1, -0.05) is 0 Å². The van der Waals surface area contributed by atoms with Crippen LogP contribution in [0.15, 0.2) is 24.3 Å². The van der Waals surface area contributed by atoms with Crippen LogP contribution < -0.4 is 10.5 Å². The van der Waals surface area contributed by atoms with Gasteiger partial charge in [0, 0.05) is 18.2 Å². The third-order valence-corrected chi connectivity index (χ3v) is 3.19. The lowest BCUT2D eigenvalue weighted by atomic mass is 10.2. The molecule has 0 spiro atoms. The van der Waals surface area contributed by atoms with Gasteiger partial charge in [0.15, 0.2) is 0 Å². The van der Waals surface area contributed by atoms with Gasteiger partial charge in [0.05, 0.1) is 0 Å². The highest BCUT2D eigenvalue weighted by atomic mass is 19.4. The minimum atomic E-state index is -4.73. The molecule has 1 aromatic carbocycles. The summed E-state index contributed by atoms with van der Waals surface area (Å²) in [5.41, 5.74) is 5.81. The zero-order valence-electron chi connectivity index (χ0n) is 11.4. The minimum Gasteiger partial charge on any atom is -0.406 e. The summed E-state index contributed by atoms with van der Waals surface area (Å²) in [6, 6.07) is 5.22. The molecule has 1 aliphatic rings. The topological polar surface area (TPSA) is 55.6 Å². The Balaban J connectivity index is 2.04. The number of carbonyl (C=O) groups is 1. The van der Waals surface area contributed by atoms with E-state index >= 15 is 0 Å². The number of nitrogens with two attached hydrogens (primary N) is 1. The molecular weight excluding hydrogens is 285 g/mol. The highest BCUT2D eigenvalue weighted by Crippen LogP contribution is 2.29. The number of hydrogen-bond acceptors (Lipinski definition) is 3. The largest absolute Gasteiger partial charge is 0.573 e. The molecule has 4 nitrogen and oxygen atoms in total. The predicted octanol–water partition coefficient (Wildman–Crippen LogP) is 2.54. The lowest BCUT2D eigenvalue weighted by Gasteiger charge is -2.22. The Kier molecular flexibility index (Phi) is 4.72.